The third-order valence-electron chi connectivity index (χ3n) is 2.93. The summed E-state index contributed by atoms with van der Waals surface area (Å²) in [6.45, 7) is 5.29. The van der Waals surface area contributed by atoms with Crippen molar-refractivity contribution in [2.45, 2.75) is 45.6 Å². The van der Waals surface area contributed by atoms with E-state index in [2.05, 4.69) is 36.9 Å². The molecule has 92 valence electrons. The van der Waals surface area contributed by atoms with Crippen LogP contribution in [0.2, 0.25) is 0 Å². The van der Waals surface area contributed by atoms with Crippen molar-refractivity contribution in [3.63, 3.8) is 0 Å². The van der Waals surface area contributed by atoms with Crippen LogP contribution in [0.1, 0.15) is 39.5 Å². The minimum absolute atomic E-state index is 0.00829. The third-order valence-corrected chi connectivity index (χ3v) is 2.93. The van der Waals surface area contributed by atoms with E-state index in [0.717, 1.165) is 32.2 Å². The summed E-state index contributed by atoms with van der Waals surface area (Å²) in [5, 5.41) is 9.30. The van der Waals surface area contributed by atoms with E-state index >= 15 is 0 Å². The minimum Gasteiger partial charge on any atom is -0.356 e. The van der Waals surface area contributed by atoms with Crippen molar-refractivity contribution in [1.82, 2.24) is 0 Å². The number of unbranched alkanes of at least 4 members (excludes halogenated alkanes) is 1. The number of para-hydroxylation sites is 1. The average Bonchev–Trinajstić information content (AvgIpc) is 2.39. The summed E-state index contributed by atoms with van der Waals surface area (Å²) in [6, 6.07) is 12.7. The van der Waals surface area contributed by atoms with Crippen molar-refractivity contribution in [3.8, 4) is 6.07 Å². The zero-order valence-corrected chi connectivity index (χ0v) is 10.9. The van der Waals surface area contributed by atoms with Crippen LogP contribution >= 0.6 is 0 Å². The standard InChI is InChI=1S/C15H22N2/c1-3-5-12-17(15(13-16)9-4-2)14-10-7-6-8-11-14/h6-8,10-11,15H,3-5,9,12H2,1-2H3. The van der Waals surface area contributed by atoms with Gasteiger partial charge in [0, 0.05) is 12.2 Å². The Kier molecular flexibility index (Phi) is 6.17. The molecule has 0 amide bonds. The molecule has 0 spiro atoms. The summed E-state index contributed by atoms with van der Waals surface area (Å²) in [6.07, 6.45) is 4.28. The highest BCUT2D eigenvalue weighted by atomic mass is 15.2. The summed E-state index contributed by atoms with van der Waals surface area (Å²) in [5.74, 6) is 0. The monoisotopic (exact) mass is 230 g/mol. The highest BCUT2D eigenvalue weighted by Gasteiger charge is 2.16. The highest BCUT2D eigenvalue weighted by molar-refractivity contribution is 5.48. The van der Waals surface area contributed by atoms with Crippen LogP contribution in [0.15, 0.2) is 30.3 Å². The molecule has 0 aliphatic carbocycles. The van der Waals surface area contributed by atoms with Gasteiger partial charge in [0.2, 0.25) is 0 Å². The van der Waals surface area contributed by atoms with Crippen LogP contribution < -0.4 is 4.90 Å². The Bertz CT molecular complexity index is 340. The Hall–Kier alpha value is -1.49. The zero-order valence-electron chi connectivity index (χ0n) is 10.9. The van der Waals surface area contributed by atoms with Crippen LogP contribution in [0.3, 0.4) is 0 Å². The molecule has 0 heterocycles. The van der Waals surface area contributed by atoms with Gasteiger partial charge in [-0.3, -0.25) is 0 Å². The number of hydrogen-bond acceptors (Lipinski definition) is 2. The molecule has 17 heavy (non-hydrogen) atoms. The smallest absolute Gasteiger partial charge is 0.116 e. The van der Waals surface area contributed by atoms with Gasteiger partial charge in [0.25, 0.3) is 0 Å². The van der Waals surface area contributed by atoms with E-state index in [0.29, 0.717) is 0 Å². The maximum Gasteiger partial charge on any atom is 0.116 e. The summed E-state index contributed by atoms with van der Waals surface area (Å²) in [5.41, 5.74) is 1.17. The van der Waals surface area contributed by atoms with E-state index < -0.39 is 0 Å². The van der Waals surface area contributed by atoms with Gasteiger partial charge in [-0.25, -0.2) is 0 Å². The van der Waals surface area contributed by atoms with Crippen molar-refractivity contribution in [2.24, 2.45) is 0 Å². The fourth-order valence-corrected chi connectivity index (χ4v) is 1.98. The fraction of sp³-hybridized carbons (Fsp3) is 0.533. The van der Waals surface area contributed by atoms with Crippen molar-refractivity contribution in [2.75, 3.05) is 11.4 Å². The molecule has 1 aromatic carbocycles. The lowest BCUT2D eigenvalue weighted by atomic mass is 10.1. The molecule has 0 N–H and O–H groups in total. The van der Waals surface area contributed by atoms with E-state index in [4.69, 9.17) is 0 Å². The van der Waals surface area contributed by atoms with Gasteiger partial charge in [0.05, 0.1) is 6.07 Å². The first kappa shape index (κ1) is 13.6. The van der Waals surface area contributed by atoms with Crippen LogP contribution in [0.25, 0.3) is 0 Å². The second kappa shape index (κ2) is 7.73. The maximum atomic E-state index is 9.30. The molecule has 0 radical (unpaired) electrons. The van der Waals surface area contributed by atoms with E-state index in [1.54, 1.807) is 0 Å². The summed E-state index contributed by atoms with van der Waals surface area (Å²) < 4.78 is 0. The van der Waals surface area contributed by atoms with E-state index in [9.17, 15) is 5.26 Å². The van der Waals surface area contributed by atoms with Crippen molar-refractivity contribution in [1.29, 1.82) is 5.26 Å². The summed E-state index contributed by atoms with van der Waals surface area (Å²) >= 11 is 0. The van der Waals surface area contributed by atoms with E-state index in [-0.39, 0.29) is 6.04 Å². The van der Waals surface area contributed by atoms with Gasteiger partial charge in [-0.2, -0.15) is 5.26 Å². The van der Waals surface area contributed by atoms with E-state index in [1.165, 1.54) is 5.69 Å². The molecule has 0 saturated carbocycles. The first-order valence-corrected chi connectivity index (χ1v) is 6.54. The molecule has 1 aromatic rings. The molecule has 0 aliphatic heterocycles. The molecule has 2 heteroatoms. The highest BCUT2D eigenvalue weighted by Crippen LogP contribution is 2.19. The quantitative estimate of drug-likeness (QED) is 0.708. The predicted molar refractivity (Wildman–Crippen MR) is 73.0 cm³/mol. The molecule has 0 bridgehead atoms. The molecule has 1 unspecified atom stereocenters. The van der Waals surface area contributed by atoms with Crippen LogP contribution in [0.5, 0.6) is 0 Å². The number of anilines is 1. The fourth-order valence-electron chi connectivity index (χ4n) is 1.98. The molecule has 0 fully saturated rings. The van der Waals surface area contributed by atoms with Gasteiger partial charge >= 0.3 is 0 Å². The second-order valence-corrected chi connectivity index (χ2v) is 4.32. The van der Waals surface area contributed by atoms with Gasteiger partial charge in [-0.05, 0) is 25.0 Å². The van der Waals surface area contributed by atoms with Crippen molar-refractivity contribution in [3.05, 3.63) is 30.3 Å². The Morgan fingerprint density at radius 2 is 1.88 bits per heavy atom. The normalized spacial score (nSPS) is 11.8. The van der Waals surface area contributed by atoms with Gasteiger partial charge < -0.3 is 4.90 Å². The average molecular weight is 230 g/mol. The molecular weight excluding hydrogens is 208 g/mol. The van der Waals surface area contributed by atoms with Crippen molar-refractivity contribution >= 4 is 5.69 Å². The topological polar surface area (TPSA) is 27.0 Å². The first-order valence-electron chi connectivity index (χ1n) is 6.54. The Morgan fingerprint density at radius 1 is 1.18 bits per heavy atom. The third kappa shape index (κ3) is 4.11. The van der Waals surface area contributed by atoms with Crippen molar-refractivity contribution < 1.29 is 0 Å². The van der Waals surface area contributed by atoms with Crippen LogP contribution in [-0.2, 0) is 0 Å². The molecule has 1 rings (SSSR count). The largest absolute Gasteiger partial charge is 0.356 e. The van der Waals surface area contributed by atoms with Gasteiger partial charge in [-0.15, -0.1) is 0 Å². The maximum absolute atomic E-state index is 9.30. The molecular formula is C15H22N2. The number of nitriles is 1. The Labute approximate surface area is 105 Å². The summed E-state index contributed by atoms with van der Waals surface area (Å²) in [4.78, 5) is 2.24. The number of nitrogens with zero attached hydrogens (tertiary/aromatic N) is 2. The van der Waals surface area contributed by atoms with Gasteiger partial charge in [0.15, 0.2) is 0 Å². The van der Waals surface area contributed by atoms with Crippen LogP contribution in [0.4, 0.5) is 5.69 Å². The molecule has 0 saturated heterocycles. The lowest BCUT2D eigenvalue weighted by Crippen LogP contribution is -2.35. The lowest BCUT2D eigenvalue weighted by molar-refractivity contribution is 0.612. The molecule has 2 nitrogen and oxygen atoms in total. The predicted octanol–water partition coefficient (Wildman–Crippen LogP) is 3.99. The minimum atomic E-state index is 0.00829. The van der Waals surface area contributed by atoms with Crippen LogP contribution in [0, 0.1) is 11.3 Å². The Morgan fingerprint density at radius 3 is 2.41 bits per heavy atom. The number of benzene rings is 1. The number of rotatable bonds is 7. The molecule has 1 atom stereocenters. The number of hydrogen-bond donors (Lipinski definition) is 0. The first-order chi connectivity index (χ1) is 8.33. The molecule has 0 aromatic heterocycles. The molecule has 0 aliphatic rings. The zero-order chi connectivity index (χ0) is 12.5. The van der Waals surface area contributed by atoms with Gasteiger partial charge in [0.1, 0.15) is 6.04 Å². The summed E-state index contributed by atoms with van der Waals surface area (Å²) in [7, 11) is 0. The lowest BCUT2D eigenvalue weighted by Gasteiger charge is -2.29. The van der Waals surface area contributed by atoms with Gasteiger partial charge in [-0.1, -0.05) is 44.9 Å². The second-order valence-electron chi connectivity index (χ2n) is 4.32. The Balaban J connectivity index is 2.83. The SMILES string of the molecule is CCCCN(c1ccccc1)C(C#N)CCC. The van der Waals surface area contributed by atoms with E-state index in [1.807, 2.05) is 18.2 Å². The van der Waals surface area contributed by atoms with Crippen LogP contribution in [-0.4, -0.2) is 12.6 Å².